The summed E-state index contributed by atoms with van der Waals surface area (Å²) in [5, 5.41) is 8.38. The topological polar surface area (TPSA) is 123 Å². The average Bonchev–Trinajstić information content (AvgIpc) is 2.12. The highest BCUT2D eigenvalue weighted by molar-refractivity contribution is 6.05. The molecule has 0 amide bonds. The number of hydrogen-bond donors (Lipinski definition) is 3. The minimum absolute atomic E-state index is 0.230. The van der Waals surface area contributed by atoms with E-state index in [0.29, 0.717) is 0 Å². The zero-order valence-corrected chi connectivity index (χ0v) is 7.90. The van der Waals surface area contributed by atoms with Gasteiger partial charge in [-0.2, -0.15) is 0 Å². The molecule has 5 N–H and O–H groups in total. The van der Waals surface area contributed by atoms with E-state index in [0.717, 1.165) is 0 Å². The van der Waals surface area contributed by atoms with Crippen molar-refractivity contribution in [2.45, 2.75) is 31.3 Å². The van der Waals surface area contributed by atoms with E-state index in [1.54, 1.807) is 0 Å². The van der Waals surface area contributed by atoms with Gasteiger partial charge in [-0.3, -0.25) is 9.59 Å². The van der Waals surface area contributed by atoms with Crippen LogP contribution in [0.15, 0.2) is 0 Å². The van der Waals surface area contributed by atoms with E-state index in [2.05, 4.69) is 0 Å². The van der Waals surface area contributed by atoms with Gasteiger partial charge in [0.15, 0.2) is 5.78 Å². The van der Waals surface area contributed by atoms with Crippen molar-refractivity contribution in [3.05, 3.63) is 0 Å². The molecule has 6 nitrogen and oxygen atoms in total. The normalized spacial score (nSPS) is 16.8. The van der Waals surface area contributed by atoms with E-state index in [9.17, 15) is 14.4 Å². The molecule has 0 aliphatic carbocycles. The first-order chi connectivity index (χ1) is 6.33. The minimum atomic E-state index is -1.77. The van der Waals surface area contributed by atoms with Crippen molar-refractivity contribution in [3.8, 4) is 0 Å². The van der Waals surface area contributed by atoms with Gasteiger partial charge in [-0.1, -0.05) is 0 Å². The molecule has 14 heavy (non-hydrogen) atoms. The van der Waals surface area contributed by atoms with Gasteiger partial charge in [0.2, 0.25) is 0 Å². The number of carboxylic acid groups (broad SMARTS) is 1. The molecule has 0 heterocycles. The van der Waals surface area contributed by atoms with Crippen LogP contribution < -0.4 is 11.5 Å². The molecule has 0 rings (SSSR count). The Hall–Kier alpha value is -1.27. The second-order valence-corrected chi connectivity index (χ2v) is 3.20. The first-order valence-corrected chi connectivity index (χ1v) is 4.10. The van der Waals surface area contributed by atoms with E-state index in [-0.39, 0.29) is 19.1 Å². The van der Waals surface area contributed by atoms with E-state index >= 15 is 0 Å². The summed E-state index contributed by atoms with van der Waals surface area (Å²) >= 11 is 0. The molecule has 2 atom stereocenters. The van der Waals surface area contributed by atoms with Gasteiger partial charge < -0.3 is 21.4 Å². The number of carbonyl (C=O) groups is 3. The van der Waals surface area contributed by atoms with E-state index in [1.807, 2.05) is 0 Å². The van der Waals surface area contributed by atoms with Crippen molar-refractivity contribution in [2.24, 2.45) is 11.5 Å². The first kappa shape index (κ1) is 12.7. The van der Waals surface area contributed by atoms with Crippen molar-refractivity contribution in [2.75, 3.05) is 0 Å². The van der Waals surface area contributed by atoms with Crippen LogP contribution in [0.25, 0.3) is 0 Å². The van der Waals surface area contributed by atoms with Crippen LogP contribution in [-0.4, -0.2) is 34.7 Å². The molecule has 6 heteroatoms. The molecule has 0 bridgehead atoms. The highest BCUT2D eigenvalue weighted by Gasteiger charge is 2.35. The van der Waals surface area contributed by atoms with Gasteiger partial charge in [0.05, 0.1) is 6.04 Å². The second-order valence-electron chi connectivity index (χ2n) is 3.20. The lowest BCUT2D eigenvalue weighted by Crippen LogP contribution is -2.55. The lowest BCUT2D eigenvalue weighted by molar-refractivity contribution is -0.138. The molecule has 0 aliphatic heterocycles. The maximum Gasteiger partial charge on any atom is 0.303 e. The average molecular weight is 202 g/mol. The van der Waals surface area contributed by atoms with Crippen molar-refractivity contribution < 1.29 is 19.5 Å². The number of hydrogen-bond acceptors (Lipinski definition) is 5. The number of nitrogens with two attached hydrogens (primary N) is 2. The fraction of sp³-hybridized carbons (Fsp3) is 0.625. The minimum Gasteiger partial charge on any atom is -0.481 e. The fourth-order valence-electron chi connectivity index (χ4n) is 0.978. The predicted octanol–water partition coefficient (Wildman–Crippen LogP) is -1.34. The SMILES string of the molecule is C[C@H](N)C(=O)[C@@](N)(C=O)CCC(=O)O. The summed E-state index contributed by atoms with van der Waals surface area (Å²) in [6, 6.07) is -0.876. The summed E-state index contributed by atoms with van der Waals surface area (Å²) in [5.41, 5.74) is 8.93. The summed E-state index contributed by atoms with van der Waals surface area (Å²) < 4.78 is 0. The third-order valence-corrected chi connectivity index (χ3v) is 1.84. The zero-order valence-electron chi connectivity index (χ0n) is 7.90. The molecule has 0 saturated heterocycles. The number of Topliss-reactive ketones (excluding diaryl/α,β-unsaturated/α-hetero) is 1. The summed E-state index contributed by atoms with van der Waals surface area (Å²) in [7, 11) is 0. The van der Waals surface area contributed by atoms with Crippen molar-refractivity contribution >= 4 is 18.0 Å². The maximum absolute atomic E-state index is 11.3. The van der Waals surface area contributed by atoms with E-state index in [1.165, 1.54) is 6.92 Å². The Labute approximate surface area is 81.3 Å². The van der Waals surface area contributed by atoms with Crippen LogP contribution in [0.4, 0.5) is 0 Å². The number of rotatable bonds is 6. The summed E-state index contributed by atoms with van der Waals surface area (Å²) in [6.07, 6.45) is -0.318. The smallest absolute Gasteiger partial charge is 0.303 e. The van der Waals surface area contributed by atoms with Crippen LogP contribution in [0.1, 0.15) is 19.8 Å². The van der Waals surface area contributed by atoms with Gasteiger partial charge in [0, 0.05) is 6.42 Å². The quantitative estimate of drug-likeness (QED) is 0.362. The molecule has 0 unspecified atom stereocenters. The molecule has 0 aromatic heterocycles. The standard InChI is InChI=1S/C8H14N2O4/c1-5(9)7(14)8(10,4-11)3-2-6(12)13/h4-5H,2-3,9-10H2,1H3,(H,12,13)/t5-,8-/m0/s1. The molecule has 80 valence electrons. The summed E-state index contributed by atoms with van der Waals surface area (Å²) in [5.74, 6) is -1.76. The highest BCUT2D eigenvalue weighted by Crippen LogP contribution is 2.10. The lowest BCUT2D eigenvalue weighted by Gasteiger charge is -2.22. The fourth-order valence-corrected chi connectivity index (χ4v) is 0.978. The summed E-state index contributed by atoms with van der Waals surface area (Å²) in [6.45, 7) is 1.40. The van der Waals surface area contributed by atoms with Gasteiger partial charge >= 0.3 is 5.97 Å². The van der Waals surface area contributed by atoms with Crippen LogP contribution in [-0.2, 0) is 14.4 Å². The number of carboxylic acids is 1. The molecule has 0 aromatic rings. The van der Waals surface area contributed by atoms with Crippen molar-refractivity contribution in [1.29, 1.82) is 0 Å². The Morgan fingerprint density at radius 1 is 1.57 bits per heavy atom. The van der Waals surface area contributed by atoms with Gasteiger partial charge in [-0.25, -0.2) is 0 Å². The van der Waals surface area contributed by atoms with Gasteiger partial charge in [-0.15, -0.1) is 0 Å². The molecule has 0 saturated carbocycles. The highest BCUT2D eigenvalue weighted by atomic mass is 16.4. The number of aliphatic carboxylic acids is 1. The molecule has 0 radical (unpaired) electrons. The lowest BCUT2D eigenvalue weighted by atomic mass is 9.88. The van der Waals surface area contributed by atoms with Crippen LogP contribution in [0.3, 0.4) is 0 Å². The maximum atomic E-state index is 11.3. The first-order valence-electron chi connectivity index (χ1n) is 4.10. The molecule has 0 spiro atoms. The Morgan fingerprint density at radius 3 is 2.36 bits per heavy atom. The molecule has 0 aliphatic rings. The Kier molecular flexibility index (Phi) is 4.39. The predicted molar refractivity (Wildman–Crippen MR) is 48.5 cm³/mol. The second kappa shape index (κ2) is 4.83. The Balaban J connectivity index is 4.54. The van der Waals surface area contributed by atoms with E-state index < -0.39 is 23.3 Å². The molecular weight excluding hydrogens is 188 g/mol. The van der Waals surface area contributed by atoms with Crippen LogP contribution in [0.5, 0.6) is 0 Å². The van der Waals surface area contributed by atoms with Crippen molar-refractivity contribution in [3.63, 3.8) is 0 Å². The van der Waals surface area contributed by atoms with Crippen LogP contribution >= 0.6 is 0 Å². The van der Waals surface area contributed by atoms with Gasteiger partial charge in [-0.05, 0) is 13.3 Å². The van der Waals surface area contributed by atoms with Crippen LogP contribution in [0.2, 0.25) is 0 Å². The third kappa shape index (κ3) is 3.23. The van der Waals surface area contributed by atoms with Gasteiger partial charge in [0.1, 0.15) is 11.8 Å². The van der Waals surface area contributed by atoms with Crippen LogP contribution in [0, 0.1) is 0 Å². The number of ketones is 1. The number of aldehydes is 1. The summed E-state index contributed by atoms with van der Waals surface area (Å²) in [4.78, 5) is 32.2. The Morgan fingerprint density at radius 2 is 2.07 bits per heavy atom. The monoisotopic (exact) mass is 202 g/mol. The van der Waals surface area contributed by atoms with E-state index in [4.69, 9.17) is 16.6 Å². The molecular formula is C8H14N2O4. The van der Waals surface area contributed by atoms with Crippen molar-refractivity contribution in [1.82, 2.24) is 0 Å². The zero-order chi connectivity index (χ0) is 11.4. The largest absolute Gasteiger partial charge is 0.481 e. The number of carbonyl (C=O) groups excluding carboxylic acids is 2. The molecule has 0 aromatic carbocycles. The molecule has 0 fully saturated rings. The van der Waals surface area contributed by atoms with Gasteiger partial charge in [0.25, 0.3) is 0 Å². The Bertz CT molecular complexity index is 252. The third-order valence-electron chi connectivity index (χ3n) is 1.84.